The summed E-state index contributed by atoms with van der Waals surface area (Å²) in [5.74, 6) is 0. The Balaban J connectivity index is 1.92. The maximum atomic E-state index is 12.2. The molecule has 0 radical (unpaired) electrons. The zero-order valence-electron chi connectivity index (χ0n) is 12.4. The number of piperidine rings is 1. The van der Waals surface area contributed by atoms with Crippen LogP contribution in [0.25, 0.3) is 0 Å². The van der Waals surface area contributed by atoms with Gasteiger partial charge in [0.05, 0.1) is 6.61 Å². The number of urea groups is 1. The van der Waals surface area contributed by atoms with E-state index in [0.29, 0.717) is 19.2 Å². The first-order valence-electron chi connectivity index (χ1n) is 7.32. The van der Waals surface area contributed by atoms with Gasteiger partial charge in [-0.05, 0) is 37.3 Å². The second kappa shape index (κ2) is 7.29. The minimum absolute atomic E-state index is 0.0458. The Morgan fingerprint density at radius 2 is 2.10 bits per heavy atom. The lowest BCUT2D eigenvalue weighted by molar-refractivity contribution is 0.157. The molecule has 0 aliphatic carbocycles. The van der Waals surface area contributed by atoms with E-state index in [1.807, 2.05) is 29.2 Å². The van der Waals surface area contributed by atoms with E-state index >= 15 is 0 Å². The second-order valence-corrected chi connectivity index (χ2v) is 5.40. The summed E-state index contributed by atoms with van der Waals surface area (Å²) in [6.07, 6.45) is 3.44. The maximum Gasteiger partial charge on any atom is 0.317 e. The lowest BCUT2D eigenvalue weighted by atomic mass is 10.0. The molecular formula is C16H24N2O2. The van der Waals surface area contributed by atoms with Crippen molar-refractivity contribution in [2.75, 3.05) is 13.7 Å². The summed E-state index contributed by atoms with van der Waals surface area (Å²) >= 11 is 0. The van der Waals surface area contributed by atoms with Gasteiger partial charge >= 0.3 is 6.03 Å². The number of carbonyl (C=O) groups is 1. The minimum atomic E-state index is 0.0458. The van der Waals surface area contributed by atoms with Crippen LogP contribution in [0.15, 0.2) is 24.3 Å². The molecule has 1 aromatic rings. The lowest BCUT2D eigenvalue weighted by Gasteiger charge is -2.33. The summed E-state index contributed by atoms with van der Waals surface area (Å²) in [4.78, 5) is 14.2. The molecule has 0 saturated carbocycles. The van der Waals surface area contributed by atoms with Crippen molar-refractivity contribution in [3.63, 3.8) is 0 Å². The van der Waals surface area contributed by atoms with Gasteiger partial charge < -0.3 is 15.0 Å². The van der Waals surface area contributed by atoms with Crippen molar-refractivity contribution in [2.45, 2.75) is 45.4 Å². The van der Waals surface area contributed by atoms with Gasteiger partial charge in [0.15, 0.2) is 0 Å². The van der Waals surface area contributed by atoms with Gasteiger partial charge in [0.25, 0.3) is 0 Å². The van der Waals surface area contributed by atoms with Crippen LogP contribution in [-0.2, 0) is 17.9 Å². The van der Waals surface area contributed by atoms with Crippen LogP contribution in [0.1, 0.15) is 37.3 Å². The van der Waals surface area contributed by atoms with Crippen molar-refractivity contribution in [2.24, 2.45) is 0 Å². The van der Waals surface area contributed by atoms with Gasteiger partial charge in [-0.25, -0.2) is 4.79 Å². The van der Waals surface area contributed by atoms with E-state index in [1.54, 1.807) is 7.11 Å². The molecule has 1 aliphatic heterocycles. The van der Waals surface area contributed by atoms with Gasteiger partial charge in [-0.2, -0.15) is 0 Å². The standard InChI is InChI=1S/C16H24N2O2/c1-13-7-5-6-10-18(13)16(19)17-11-14-8-3-4-9-15(14)12-20-2/h3-4,8-9,13H,5-7,10-12H2,1-2H3,(H,17,19). The van der Waals surface area contributed by atoms with Crippen LogP contribution in [-0.4, -0.2) is 30.6 Å². The van der Waals surface area contributed by atoms with Crippen molar-refractivity contribution >= 4 is 6.03 Å². The molecule has 1 aliphatic rings. The molecule has 0 bridgehead atoms. The van der Waals surface area contributed by atoms with E-state index in [9.17, 15) is 4.79 Å². The van der Waals surface area contributed by atoms with Gasteiger partial charge in [0, 0.05) is 26.2 Å². The maximum absolute atomic E-state index is 12.2. The predicted molar refractivity (Wildman–Crippen MR) is 79.4 cm³/mol. The minimum Gasteiger partial charge on any atom is -0.380 e. The highest BCUT2D eigenvalue weighted by Gasteiger charge is 2.22. The van der Waals surface area contributed by atoms with Crippen molar-refractivity contribution in [3.8, 4) is 0 Å². The van der Waals surface area contributed by atoms with Gasteiger partial charge in [0.1, 0.15) is 0 Å². The van der Waals surface area contributed by atoms with Crippen molar-refractivity contribution < 1.29 is 9.53 Å². The zero-order chi connectivity index (χ0) is 14.4. The van der Waals surface area contributed by atoms with Crippen LogP contribution < -0.4 is 5.32 Å². The monoisotopic (exact) mass is 276 g/mol. The number of carbonyl (C=O) groups excluding carboxylic acids is 1. The van der Waals surface area contributed by atoms with Gasteiger partial charge in [-0.15, -0.1) is 0 Å². The number of rotatable bonds is 4. The Hall–Kier alpha value is -1.55. The van der Waals surface area contributed by atoms with E-state index in [4.69, 9.17) is 4.74 Å². The number of hydrogen-bond donors (Lipinski definition) is 1. The molecule has 2 amide bonds. The fourth-order valence-electron chi connectivity index (χ4n) is 2.70. The van der Waals surface area contributed by atoms with Crippen molar-refractivity contribution in [1.82, 2.24) is 10.2 Å². The molecule has 110 valence electrons. The Kier molecular flexibility index (Phi) is 5.41. The molecular weight excluding hydrogens is 252 g/mol. The van der Waals surface area contributed by atoms with Crippen molar-refractivity contribution in [3.05, 3.63) is 35.4 Å². The average molecular weight is 276 g/mol. The van der Waals surface area contributed by atoms with Gasteiger partial charge in [-0.1, -0.05) is 24.3 Å². The number of nitrogens with one attached hydrogen (secondary N) is 1. The number of likely N-dealkylation sites (tertiary alicyclic amines) is 1. The normalized spacial score (nSPS) is 18.9. The molecule has 1 heterocycles. The summed E-state index contributed by atoms with van der Waals surface area (Å²) in [5, 5.41) is 3.03. The predicted octanol–water partition coefficient (Wildman–Crippen LogP) is 2.92. The first kappa shape index (κ1) is 14.9. The summed E-state index contributed by atoms with van der Waals surface area (Å²) in [6, 6.07) is 8.45. The number of nitrogens with zero attached hydrogens (tertiary/aromatic N) is 1. The smallest absolute Gasteiger partial charge is 0.317 e. The van der Waals surface area contributed by atoms with Crippen LogP contribution in [0, 0.1) is 0 Å². The molecule has 1 fully saturated rings. The summed E-state index contributed by atoms with van der Waals surface area (Å²) in [7, 11) is 1.69. The molecule has 1 N–H and O–H groups in total. The Morgan fingerprint density at radius 1 is 1.35 bits per heavy atom. The Bertz CT molecular complexity index is 448. The number of amides is 2. The molecule has 2 rings (SSSR count). The third-order valence-corrected chi connectivity index (χ3v) is 3.91. The molecule has 4 heteroatoms. The van der Waals surface area contributed by atoms with Crippen LogP contribution in [0.4, 0.5) is 4.79 Å². The van der Waals surface area contributed by atoms with Crippen LogP contribution in [0.3, 0.4) is 0 Å². The highest BCUT2D eigenvalue weighted by Crippen LogP contribution is 2.16. The van der Waals surface area contributed by atoms with E-state index in [2.05, 4.69) is 12.2 Å². The van der Waals surface area contributed by atoms with Crippen LogP contribution >= 0.6 is 0 Å². The van der Waals surface area contributed by atoms with Crippen LogP contribution in [0.2, 0.25) is 0 Å². The molecule has 4 nitrogen and oxygen atoms in total. The third-order valence-electron chi connectivity index (χ3n) is 3.91. The number of methoxy groups -OCH3 is 1. The molecule has 0 spiro atoms. The van der Waals surface area contributed by atoms with E-state index in [0.717, 1.165) is 30.5 Å². The quantitative estimate of drug-likeness (QED) is 0.918. The fraction of sp³-hybridized carbons (Fsp3) is 0.562. The SMILES string of the molecule is COCc1ccccc1CNC(=O)N1CCCCC1C. The van der Waals surface area contributed by atoms with Crippen LogP contribution in [0.5, 0.6) is 0 Å². The van der Waals surface area contributed by atoms with Gasteiger partial charge in [0.2, 0.25) is 0 Å². The van der Waals surface area contributed by atoms with Crippen molar-refractivity contribution in [1.29, 1.82) is 0 Å². The summed E-state index contributed by atoms with van der Waals surface area (Å²) in [5.41, 5.74) is 2.24. The topological polar surface area (TPSA) is 41.6 Å². The molecule has 1 atom stereocenters. The van der Waals surface area contributed by atoms with E-state index < -0.39 is 0 Å². The van der Waals surface area contributed by atoms with E-state index in [-0.39, 0.29) is 6.03 Å². The number of benzene rings is 1. The van der Waals surface area contributed by atoms with E-state index in [1.165, 1.54) is 6.42 Å². The molecule has 0 aromatic heterocycles. The highest BCUT2D eigenvalue weighted by molar-refractivity contribution is 5.74. The summed E-state index contributed by atoms with van der Waals surface area (Å²) < 4.78 is 5.19. The second-order valence-electron chi connectivity index (χ2n) is 5.40. The first-order valence-corrected chi connectivity index (χ1v) is 7.32. The lowest BCUT2D eigenvalue weighted by Crippen LogP contribution is -2.47. The molecule has 1 saturated heterocycles. The molecule has 20 heavy (non-hydrogen) atoms. The van der Waals surface area contributed by atoms with Gasteiger partial charge in [-0.3, -0.25) is 0 Å². The fourth-order valence-corrected chi connectivity index (χ4v) is 2.70. The third kappa shape index (κ3) is 3.73. The molecule has 1 aromatic carbocycles. The number of hydrogen-bond acceptors (Lipinski definition) is 2. The first-order chi connectivity index (χ1) is 9.72. The number of ether oxygens (including phenoxy) is 1. The largest absolute Gasteiger partial charge is 0.380 e. The summed E-state index contributed by atoms with van der Waals surface area (Å²) in [6.45, 7) is 4.12. The molecule has 1 unspecified atom stereocenters. The highest BCUT2D eigenvalue weighted by atomic mass is 16.5. The Morgan fingerprint density at radius 3 is 2.80 bits per heavy atom. The average Bonchev–Trinajstić information content (AvgIpc) is 2.47. The Labute approximate surface area is 121 Å². The zero-order valence-corrected chi connectivity index (χ0v) is 12.4.